The second-order valence-corrected chi connectivity index (χ2v) is 9.50. The Labute approximate surface area is 168 Å². The smallest absolute Gasteiger partial charge is 0.281 e. The molecule has 0 fully saturated rings. The molecule has 28 heavy (non-hydrogen) atoms. The Balaban J connectivity index is 1.59. The van der Waals surface area contributed by atoms with Crippen LogP contribution < -0.4 is 14.8 Å². The fourth-order valence-electron chi connectivity index (χ4n) is 2.65. The molecule has 1 aromatic carbocycles. The molecule has 2 aromatic rings. The third-order valence-corrected chi connectivity index (χ3v) is 7.03. The lowest BCUT2D eigenvalue weighted by Crippen LogP contribution is -2.42. The summed E-state index contributed by atoms with van der Waals surface area (Å²) in [5.74, 6) is 0.826. The first-order valence-electron chi connectivity index (χ1n) is 8.52. The van der Waals surface area contributed by atoms with Gasteiger partial charge in [-0.1, -0.05) is 6.07 Å². The van der Waals surface area contributed by atoms with Crippen LogP contribution in [0.15, 0.2) is 24.3 Å². The second-order valence-electron chi connectivity index (χ2n) is 6.28. The Hall–Kier alpha value is -2.21. The summed E-state index contributed by atoms with van der Waals surface area (Å²) < 4.78 is 37.7. The molecule has 1 amide bonds. The highest BCUT2D eigenvalue weighted by Crippen LogP contribution is 2.29. The molecular weight excluding hydrogens is 404 g/mol. The predicted molar refractivity (Wildman–Crippen MR) is 106 cm³/mol. The first-order chi connectivity index (χ1) is 13.3. The third-order valence-electron chi connectivity index (χ3n) is 4.14. The Morgan fingerprint density at radius 2 is 2.11 bits per heavy atom. The van der Waals surface area contributed by atoms with Crippen molar-refractivity contribution in [3.63, 3.8) is 0 Å². The summed E-state index contributed by atoms with van der Waals surface area (Å²) in [5.41, 5.74) is 0.819. The van der Waals surface area contributed by atoms with Crippen molar-refractivity contribution in [2.24, 2.45) is 0 Å². The number of aromatic nitrogens is 1. The van der Waals surface area contributed by atoms with Gasteiger partial charge in [0, 0.05) is 38.0 Å². The van der Waals surface area contributed by atoms with Gasteiger partial charge < -0.3 is 9.47 Å². The van der Waals surface area contributed by atoms with E-state index in [9.17, 15) is 13.2 Å². The lowest BCUT2D eigenvalue weighted by molar-refractivity contribution is -0.118. The molecule has 0 aliphatic carbocycles. The molecule has 0 saturated carbocycles. The molecule has 1 aliphatic heterocycles. The van der Waals surface area contributed by atoms with Gasteiger partial charge in [-0.2, -0.15) is 17.0 Å². The minimum absolute atomic E-state index is 0.168. The summed E-state index contributed by atoms with van der Waals surface area (Å²) >= 11 is 1.28. The summed E-state index contributed by atoms with van der Waals surface area (Å²) in [5, 5.41) is 3.15. The van der Waals surface area contributed by atoms with Crippen LogP contribution in [0, 0.1) is 0 Å². The molecule has 2 heterocycles. The molecule has 11 heteroatoms. The van der Waals surface area contributed by atoms with E-state index in [2.05, 4.69) is 10.3 Å². The lowest BCUT2D eigenvalue weighted by Gasteiger charge is -2.27. The number of ether oxygens (including phenoxy) is 2. The van der Waals surface area contributed by atoms with E-state index < -0.39 is 10.2 Å². The van der Waals surface area contributed by atoms with Gasteiger partial charge in [0.1, 0.15) is 11.5 Å². The fourth-order valence-corrected chi connectivity index (χ4v) is 4.85. The number of nitrogens with zero attached hydrogens (tertiary/aromatic N) is 3. The zero-order chi connectivity index (χ0) is 20.3. The van der Waals surface area contributed by atoms with Crippen LogP contribution in [0.3, 0.4) is 0 Å². The van der Waals surface area contributed by atoms with E-state index in [4.69, 9.17) is 9.47 Å². The number of anilines is 1. The van der Waals surface area contributed by atoms with Crippen molar-refractivity contribution in [2.45, 2.75) is 13.0 Å². The number of nitrogens with one attached hydrogen (secondary N) is 1. The molecule has 0 spiro atoms. The van der Waals surface area contributed by atoms with Crippen LogP contribution in [0.1, 0.15) is 10.6 Å². The average molecular weight is 427 g/mol. The first kappa shape index (κ1) is 20.5. The van der Waals surface area contributed by atoms with Crippen LogP contribution in [-0.4, -0.2) is 62.3 Å². The molecule has 1 aliphatic rings. The number of amides is 1. The number of carbonyl (C=O) groups excluding carboxylic acids is 1. The highest BCUT2D eigenvalue weighted by Gasteiger charge is 2.30. The maximum absolute atomic E-state index is 12.3. The Morgan fingerprint density at radius 1 is 1.36 bits per heavy atom. The number of thiazole rings is 1. The summed E-state index contributed by atoms with van der Waals surface area (Å²) in [6.07, 6.45) is 0.509. The van der Waals surface area contributed by atoms with E-state index in [0.717, 1.165) is 10.6 Å². The SMILES string of the molecule is COc1cccc(OCC(=O)Nc2nc3c(s2)CN(S(=O)(=O)N(C)C)CC3)c1. The number of methoxy groups -OCH3 is 1. The molecule has 9 nitrogen and oxygen atoms in total. The molecule has 152 valence electrons. The maximum atomic E-state index is 12.3. The molecule has 0 unspecified atom stereocenters. The first-order valence-corrected chi connectivity index (χ1v) is 10.7. The van der Waals surface area contributed by atoms with Crippen molar-refractivity contribution in [3.8, 4) is 11.5 Å². The van der Waals surface area contributed by atoms with Crippen LogP contribution in [0.2, 0.25) is 0 Å². The highest BCUT2D eigenvalue weighted by molar-refractivity contribution is 7.86. The predicted octanol–water partition coefficient (Wildman–Crippen LogP) is 1.33. The van der Waals surface area contributed by atoms with E-state index in [-0.39, 0.29) is 19.1 Å². The molecule has 0 radical (unpaired) electrons. The summed E-state index contributed by atoms with van der Waals surface area (Å²) in [6.45, 7) is 0.450. The van der Waals surface area contributed by atoms with Crippen molar-refractivity contribution in [3.05, 3.63) is 34.8 Å². The molecule has 0 atom stereocenters. The number of fused-ring (bicyclic) bond motifs is 1. The molecular formula is C17H22N4O5S2. The molecule has 0 saturated heterocycles. The number of benzene rings is 1. The molecule has 3 rings (SSSR count). The molecule has 1 N–H and O–H groups in total. The standard InChI is InChI=1S/C17H22N4O5S2/c1-20(2)28(23,24)21-8-7-14-15(10-21)27-17(18-14)19-16(22)11-26-13-6-4-5-12(9-13)25-3/h4-6,9H,7-8,10-11H2,1-3H3,(H,18,19,22). The van der Waals surface area contributed by atoms with E-state index in [1.165, 1.54) is 34.0 Å². The summed E-state index contributed by atoms with van der Waals surface area (Å²) in [6, 6.07) is 6.98. The minimum Gasteiger partial charge on any atom is -0.497 e. The van der Waals surface area contributed by atoms with Crippen LogP contribution in [0.25, 0.3) is 0 Å². The second kappa shape index (κ2) is 8.43. The summed E-state index contributed by atoms with van der Waals surface area (Å²) in [4.78, 5) is 17.4. The van der Waals surface area contributed by atoms with Gasteiger partial charge in [-0.05, 0) is 12.1 Å². The van der Waals surface area contributed by atoms with Gasteiger partial charge in [0.2, 0.25) is 0 Å². The largest absolute Gasteiger partial charge is 0.497 e. The van der Waals surface area contributed by atoms with Crippen molar-refractivity contribution in [2.75, 3.05) is 39.7 Å². The monoisotopic (exact) mass is 426 g/mol. The van der Waals surface area contributed by atoms with Crippen LogP contribution in [0.5, 0.6) is 11.5 Å². The lowest BCUT2D eigenvalue weighted by atomic mass is 10.2. The highest BCUT2D eigenvalue weighted by atomic mass is 32.2. The van der Waals surface area contributed by atoms with Crippen molar-refractivity contribution in [1.29, 1.82) is 0 Å². The van der Waals surface area contributed by atoms with Gasteiger partial charge in [-0.15, -0.1) is 11.3 Å². The fraction of sp³-hybridized carbons (Fsp3) is 0.412. The Morgan fingerprint density at radius 3 is 2.82 bits per heavy atom. The minimum atomic E-state index is -3.47. The van der Waals surface area contributed by atoms with Crippen LogP contribution in [0.4, 0.5) is 5.13 Å². The van der Waals surface area contributed by atoms with Crippen molar-refractivity contribution in [1.82, 2.24) is 13.6 Å². The van der Waals surface area contributed by atoms with Gasteiger partial charge in [0.15, 0.2) is 11.7 Å². The maximum Gasteiger partial charge on any atom is 0.281 e. The van der Waals surface area contributed by atoms with Crippen molar-refractivity contribution >= 4 is 32.6 Å². The van der Waals surface area contributed by atoms with E-state index >= 15 is 0 Å². The van der Waals surface area contributed by atoms with Crippen LogP contribution in [-0.2, 0) is 28.0 Å². The van der Waals surface area contributed by atoms with E-state index in [0.29, 0.717) is 29.6 Å². The Kier molecular flexibility index (Phi) is 6.18. The van der Waals surface area contributed by atoms with Crippen molar-refractivity contribution < 1.29 is 22.7 Å². The zero-order valence-corrected chi connectivity index (χ0v) is 17.5. The Bertz CT molecular complexity index is 958. The van der Waals surface area contributed by atoms with Gasteiger partial charge in [0.25, 0.3) is 16.1 Å². The van der Waals surface area contributed by atoms with Crippen LogP contribution >= 0.6 is 11.3 Å². The van der Waals surface area contributed by atoms with E-state index in [1.807, 2.05) is 0 Å². The number of rotatable bonds is 7. The number of hydrogen-bond acceptors (Lipinski definition) is 7. The normalized spacial score (nSPS) is 14.6. The number of hydrogen-bond donors (Lipinski definition) is 1. The van der Waals surface area contributed by atoms with Gasteiger partial charge in [-0.3, -0.25) is 10.1 Å². The quantitative estimate of drug-likeness (QED) is 0.717. The third kappa shape index (κ3) is 4.61. The van der Waals surface area contributed by atoms with Gasteiger partial charge in [-0.25, -0.2) is 4.98 Å². The zero-order valence-electron chi connectivity index (χ0n) is 15.8. The topological polar surface area (TPSA) is 101 Å². The molecule has 0 bridgehead atoms. The van der Waals surface area contributed by atoms with Gasteiger partial charge >= 0.3 is 0 Å². The van der Waals surface area contributed by atoms with E-state index in [1.54, 1.807) is 31.4 Å². The number of carbonyl (C=O) groups is 1. The summed E-state index contributed by atoms with van der Waals surface area (Å²) in [7, 11) is 1.09. The molecule has 1 aromatic heterocycles. The van der Waals surface area contributed by atoms with Gasteiger partial charge in [0.05, 0.1) is 19.3 Å². The average Bonchev–Trinajstić information content (AvgIpc) is 3.07.